The SMILES string of the molecule is Cc1ccc2oc(=O)c3cc(-c4ccccc4)c(=S)oc3c2c1. The van der Waals surface area contributed by atoms with Gasteiger partial charge in [0.1, 0.15) is 11.0 Å². The van der Waals surface area contributed by atoms with Crippen LogP contribution in [0.5, 0.6) is 0 Å². The topological polar surface area (TPSA) is 43.4 Å². The van der Waals surface area contributed by atoms with Crippen molar-refractivity contribution in [2.24, 2.45) is 0 Å². The Labute approximate surface area is 136 Å². The monoisotopic (exact) mass is 320 g/mol. The van der Waals surface area contributed by atoms with Gasteiger partial charge in [0, 0.05) is 5.56 Å². The molecule has 0 bridgehead atoms. The highest BCUT2D eigenvalue weighted by molar-refractivity contribution is 7.71. The van der Waals surface area contributed by atoms with Crippen LogP contribution in [0, 0.1) is 11.6 Å². The summed E-state index contributed by atoms with van der Waals surface area (Å²) < 4.78 is 11.6. The highest BCUT2D eigenvalue weighted by Crippen LogP contribution is 2.29. The lowest BCUT2D eigenvalue weighted by Gasteiger charge is -2.06. The van der Waals surface area contributed by atoms with Crippen LogP contribution in [0.3, 0.4) is 0 Å². The third kappa shape index (κ3) is 2.28. The molecule has 4 aromatic rings. The molecule has 0 aliphatic rings. The summed E-state index contributed by atoms with van der Waals surface area (Å²) >= 11 is 5.40. The van der Waals surface area contributed by atoms with Crippen molar-refractivity contribution < 1.29 is 8.83 Å². The number of hydrogen-bond acceptors (Lipinski definition) is 4. The molecule has 0 aliphatic carbocycles. The molecule has 3 nitrogen and oxygen atoms in total. The second kappa shape index (κ2) is 5.18. The Kier molecular flexibility index (Phi) is 3.13. The number of aryl methyl sites for hydroxylation is 1. The van der Waals surface area contributed by atoms with E-state index in [0.29, 0.717) is 26.8 Å². The van der Waals surface area contributed by atoms with E-state index in [1.807, 2.05) is 49.4 Å². The van der Waals surface area contributed by atoms with Gasteiger partial charge in [-0.2, -0.15) is 0 Å². The number of rotatable bonds is 1. The molecule has 2 heterocycles. The zero-order chi connectivity index (χ0) is 16.0. The largest absolute Gasteiger partial charge is 0.444 e. The maximum atomic E-state index is 12.3. The van der Waals surface area contributed by atoms with Gasteiger partial charge in [-0.05, 0) is 42.9 Å². The zero-order valence-corrected chi connectivity index (χ0v) is 13.1. The van der Waals surface area contributed by atoms with E-state index in [-0.39, 0.29) is 0 Å². The predicted molar refractivity (Wildman–Crippen MR) is 93.3 cm³/mol. The first-order chi connectivity index (χ1) is 11.1. The van der Waals surface area contributed by atoms with Gasteiger partial charge in [0.15, 0.2) is 10.3 Å². The molecule has 0 unspecified atom stereocenters. The van der Waals surface area contributed by atoms with E-state index in [9.17, 15) is 4.79 Å². The summed E-state index contributed by atoms with van der Waals surface area (Å²) in [7, 11) is 0. The molecule has 0 atom stereocenters. The molecule has 0 aliphatic heterocycles. The quantitative estimate of drug-likeness (QED) is 0.273. The average Bonchev–Trinajstić information content (AvgIpc) is 2.56. The van der Waals surface area contributed by atoms with Crippen molar-refractivity contribution >= 4 is 34.2 Å². The first-order valence-corrected chi connectivity index (χ1v) is 7.61. The fourth-order valence-electron chi connectivity index (χ4n) is 2.71. The van der Waals surface area contributed by atoms with Crippen molar-refractivity contribution in [2.75, 3.05) is 0 Å². The minimum absolute atomic E-state index is 0.358. The molecule has 4 rings (SSSR count). The second-order valence-corrected chi connectivity index (χ2v) is 5.82. The van der Waals surface area contributed by atoms with E-state index in [1.54, 1.807) is 12.1 Å². The lowest BCUT2D eigenvalue weighted by atomic mass is 10.1. The molecule has 0 amide bonds. The minimum atomic E-state index is -0.424. The van der Waals surface area contributed by atoms with Gasteiger partial charge in [-0.25, -0.2) is 4.79 Å². The summed E-state index contributed by atoms with van der Waals surface area (Å²) in [6.45, 7) is 1.98. The second-order valence-electron chi connectivity index (χ2n) is 5.45. The van der Waals surface area contributed by atoms with Crippen molar-refractivity contribution in [2.45, 2.75) is 6.92 Å². The molecule has 0 spiro atoms. The number of hydrogen-bond donors (Lipinski definition) is 0. The third-order valence-corrected chi connectivity index (χ3v) is 4.14. The van der Waals surface area contributed by atoms with E-state index in [1.165, 1.54) is 0 Å². The normalized spacial score (nSPS) is 11.2. The van der Waals surface area contributed by atoms with E-state index in [0.717, 1.165) is 16.5 Å². The van der Waals surface area contributed by atoms with Crippen molar-refractivity contribution in [3.8, 4) is 11.1 Å². The van der Waals surface area contributed by atoms with Gasteiger partial charge in [0.2, 0.25) is 0 Å². The van der Waals surface area contributed by atoms with Crippen LogP contribution in [0.1, 0.15) is 5.56 Å². The fourth-order valence-corrected chi connectivity index (χ4v) is 2.97. The molecule has 23 heavy (non-hydrogen) atoms. The van der Waals surface area contributed by atoms with E-state index < -0.39 is 5.63 Å². The Bertz CT molecular complexity index is 1150. The van der Waals surface area contributed by atoms with Crippen molar-refractivity contribution in [3.05, 3.63) is 75.3 Å². The van der Waals surface area contributed by atoms with Gasteiger partial charge in [-0.1, -0.05) is 42.0 Å². The molecular weight excluding hydrogens is 308 g/mol. The highest BCUT2D eigenvalue weighted by Gasteiger charge is 2.13. The average molecular weight is 320 g/mol. The standard InChI is InChI=1S/C19H12O3S/c1-11-7-8-16-14(9-11)17-15(18(20)21-16)10-13(19(23)22-17)12-5-3-2-4-6-12/h2-10H,1H3. The van der Waals surface area contributed by atoms with Gasteiger partial charge < -0.3 is 8.83 Å². The van der Waals surface area contributed by atoms with Crippen LogP contribution in [0.2, 0.25) is 0 Å². The predicted octanol–water partition coefficient (Wildman–Crippen LogP) is 5.24. The molecule has 2 aromatic heterocycles. The van der Waals surface area contributed by atoms with E-state index in [4.69, 9.17) is 21.1 Å². The first kappa shape index (κ1) is 13.9. The molecule has 0 N–H and O–H groups in total. The molecular formula is C19H12O3S. The van der Waals surface area contributed by atoms with Crippen molar-refractivity contribution in [3.63, 3.8) is 0 Å². The van der Waals surface area contributed by atoms with Gasteiger partial charge >= 0.3 is 5.63 Å². The molecule has 0 fully saturated rings. The van der Waals surface area contributed by atoms with Crippen LogP contribution < -0.4 is 5.63 Å². The fraction of sp³-hybridized carbons (Fsp3) is 0.0526. The van der Waals surface area contributed by atoms with Gasteiger partial charge in [-0.3, -0.25) is 0 Å². The summed E-state index contributed by atoms with van der Waals surface area (Å²) in [5, 5.41) is 1.15. The van der Waals surface area contributed by atoms with Crippen LogP contribution >= 0.6 is 12.2 Å². The Morgan fingerprint density at radius 1 is 0.913 bits per heavy atom. The van der Waals surface area contributed by atoms with Crippen LogP contribution in [0.25, 0.3) is 33.1 Å². The highest BCUT2D eigenvalue weighted by atomic mass is 32.1. The van der Waals surface area contributed by atoms with Crippen LogP contribution in [0.4, 0.5) is 0 Å². The van der Waals surface area contributed by atoms with Crippen molar-refractivity contribution in [1.29, 1.82) is 0 Å². The van der Waals surface area contributed by atoms with Gasteiger partial charge in [0.25, 0.3) is 0 Å². The zero-order valence-electron chi connectivity index (χ0n) is 12.3. The third-order valence-electron chi connectivity index (χ3n) is 3.84. The van der Waals surface area contributed by atoms with E-state index >= 15 is 0 Å². The molecule has 0 saturated carbocycles. The maximum absolute atomic E-state index is 12.3. The Balaban J connectivity index is 2.15. The summed E-state index contributed by atoms with van der Waals surface area (Å²) in [6.07, 6.45) is 0. The van der Waals surface area contributed by atoms with Gasteiger partial charge in [-0.15, -0.1) is 0 Å². The molecule has 4 heteroatoms. The van der Waals surface area contributed by atoms with E-state index in [2.05, 4.69) is 0 Å². The maximum Gasteiger partial charge on any atom is 0.347 e. The van der Waals surface area contributed by atoms with Crippen molar-refractivity contribution in [1.82, 2.24) is 0 Å². The molecule has 0 radical (unpaired) electrons. The molecule has 112 valence electrons. The smallest absolute Gasteiger partial charge is 0.347 e. The lowest BCUT2D eigenvalue weighted by Crippen LogP contribution is -2.00. The summed E-state index contributed by atoms with van der Waals surface area (Å²) in [4.78, 5) is 12.3. The van der Waals surface area contributed by atoms with Crippen LogP contribution in [0.15, 0.2) is 68.2 Å². The number of benzene rings is 2. The first-order valence-electron chi connectivity index (χ1n) is 7.20. The molecule has 2 aromatic carbocycles. The summed E-state index contributed by atoms with van der Waals surface area (Å²) in [6, 6.07) is 17.0. The lowest BCUT2D eigenvalue weighted by molar-refractivity contribution is 0.554. The summed E-state index contributed by atoms with van der Waals surface area (Å²) in [5.41, 5.74) is 3.23. The Hall–Kier alpha value is -2.72. The van der Waals surface area contributed by atoms with Crippen LogP contribution in [-0.4, -0.2) is 0 Å². The Morgan fingerprint density at radius 2 is 1.70 bits per heavy atom. The Morgan fingerprint density at radius 3 is 2.48 bits per heavy atom. The van der Waals surface area contributed by atoms with Gasteiger partial charge in [0.05, 0.1) is 5.39 Å². The minimum Gasteiger partial charge on any atom is -0.444 e. The molecule has 0 saturated heterocycles. The number of fused-ring (bicyclic) bond motifs is 3. The van der Waals surface area contributed by atoms with Crippen LogP contribution in [-0.2, 0) is 0 Å². The summed E-state index contributed by atoms with van der Waals surface area (Å²) in [5.74, 6) is 0.